The number of carbonyl (C=O) groups is 1. The van der Waals surface area contributed by atoms with E-state index >= 15 is 0 Å². The van der Waals surface area contributed by atoms with Crippen LogP contribution in [0.1, 0.15) is 53.4 Å². The highest BCUT2D eigenvalue weighted by molar-refractivity contribution is 14.0. The van der Waals surface area contributed by atoms with E-state index in [4.69, 9.17) is 4.74 Å². The first-order valence-electron chi connectivity index (χ1n) is 9.44. The summed E-state index contributed by atoms with van der Waals surface area (Å²) in [5.41, 5.74) is -0.494. The predicted molar refractivity (Wildman–Crippen MR) is 124 cm³/mol. The molecule has 0 heterocycles. The van der Waals surface area contributed by atoms with Gasteiger partial charge >= 0.3 is 6.09 Å². The van der Waals surface area contributed by atoms with Gasteiger partial charge in [-0.3, -0.25) is 9.20 Å². The van der Waals surface area contributed by atoms with Crippen LogP contribution in [-0.4, -0.2) is 71.0 Å². The number of rotatable bonds is 6. The molecule has 27 heavy (non-hydrogen) atoms. The van der Waals surface area contributed by atoms with Gasteiger partial charge in [-0.1, -0.05) is 13.3 Å². The first-order valence-corrected chi connectivity index (χ1v) is 10.8. The van der Waals surface area contributed by atoms with Crippen molar-refractivity contribution in [2.24, 2.45) is 4.99 Å². The largest absolute Gasteiger partial charge is 0.444 e. The minimum Gasteiger partial charge on any atom is -0.444 e. The molecule has 160 valence electrons. The van der Waals surface area contributed by atoms with Gasteiger partial charge in [-0.15, -0.1) is 24.0 Å². The molecular formula is C18H37IN4O3S. The van der Waals surface area contributed by atoms with Crippen molar-refractivity contribution in [2.45, 2.75) is 70.3 Å². The maximum Gasteiger partial charge on any atom is 0.410 e. The van der Waals surface area contributed by atoms with Crippen LogP contribution in [0.3, 0.4) is 0 Å². The molecule has 3 unspecified atom stereocenters. The molecular weight excluding hydrogens is 479 g/mol. The molecule has 0 aromatic carbocycles. The van der Waals surface area contributed by atoms with Crippen LogP contribution in [-0.2, 0) is 15.5 Å². The van der Waals surface area contributed by atoms with Crippen LogP contribution in [0.2, 0.25) is 0 Å². The van der Waals surface area contributed by atoms with Gasteiger partial charge in [-0.05, 0) is 40.0 Å². The van der Waals surface area contributed by atoms with E-state index in [2.05, 4.69) is 15.6 Å². The number of hydrogen-bond acceptors (Lipinski definition) is 4. The Kier molecular flexibility index (Phi) is 12.5. The smallest absolute Gasteiger partial charge is 0.410 e. The van der Waals surface area contributed by atoms with Gasteiger partial charge in [0.2, 0.25) is 0 Å². The molecule has 2 N–H and O–H groups in total. The lowest BCUT2D eigenvalue weighted by Gasteiger charge is -2.30. The second kappa shape index (κ2) is 12.8. The van der Waals surface area contributed by atoms with Crippen molar-refractivity contribution in [3.8, 4) is 0 Å². The number of hydrogen-bond donors (Lipinski definition) is 2. The third-order valence-electron chi connectivity index (χ3n) is 4.29. The number of likely N-dealkylation sites (N-methyl/N-ethyl adjacent to an activating group) is 1. The molecule has 9 heteroatoms. The summed E-state index contributed by atoms with van der Waals surface area (Å²) in [5, 5.41) is 6.94. The number of carbonyl (C=O) groups excluding carboxylic acids is 1. The molecule has 3 atom stereocenters. The Balaban J connectivity index is 0.00000676. The Morgan fingerprint density at radius 2 is 2.00 bits per heavy atom. The summed E-state index contributed by atoms with van der Waals surface area (Å²) in [6, 6.07) is 0.291. The Bertz CT molecular complexity index is 511. The van der Waals surface area contributed by atoms with Crippen molar-refractivity contribution in [3.63, 3.8) is 0 Å². The summed E-state index contributed by atoms with van der Waals surface area (Å²) in [5.74, 6) is 1.44. The van der Waals surface area contributed by atoms with Crippen LogP contribution in [0.25, 0.3) is 0 Å². The molecule has 1 amide bonds. The zero-order valence-corrected chi connectivity index (χ0v) is 20.7. The van der Waals surface area contributed by atoms with Gasteiger partial charge in [0, 0.05) is 55.0 Å². The number of guanidine groups is 1. The van der Waals surface area contributed by atoms with E-state index in [-0.39, 0.29) is 35.3 Å². The van der Waals surface area contributed by atoms with Crippen molar-refractivity contribution >= 4 is 46.8 Å². The van der Waals surface area contributed by atoms with Crippen LogP contribution in [0.4, 0.5) is 4.79 Å². The average molecular weight is 516 g/mol. The van der Waals surface area contributed by atoms with Crippen molar-refractivity contribution < 1.29 is 13.7 Å². The van der Waals surface area contributed by atoms with Crippen molar-refractivity contribution in [1.29, 1.82) is 0 Å². The molecule has 1 aliphatic rings. The Morgan fingerprint density at radius 3 is 2.56 bits per heavy atom. The molecule has 1 rings (SSSR count). The number of ether oxygens (including phenoxy) is 1. The standard InChI is InChI=1S/C18H36N4O3S.HI/c1-7-26(24)15-10-8-9-14(13-15)21-16(19-5)20-11-12-22(6)17(23)25-18(2,3)4;/h14-15H,7-13H2,1-6H3,(H2,19,20,21);1H. The lowest BCUT2D eigenvalue weighted by atomic mass is 9.95. The summed E-state index contributed by atoms with van der Waals surface area (Å²) in [4.78, 5) is 17.8. The first kappa shape index (κ1) is 26.4. The van der Waals surface area contributed by atoms with Crippen LogP contribution in [0.15, 0.2) is 4.99 Å². The number of aliphatic imine (C=N–C) groups is 1. The minimum absolute atomic E-state index is 0. The summed E-state index contributed by atoms with van der Waals surface area (Å²) >= 11 is 0. The molecule has 0 aromatic heterocycles. The average Bonchev–Trinajstić information content (AvgIpc) is 2.58. The lowest BCUT2D eigenvalue weighted by molar-refractivity contribution is 0.0302. The third kappa shape index (κ3) is 10.5. The van der Waals surface area contributed by atoms with Crippen LogP contribution in [0, 0.1) is 0 Å². The molecule has 0 radical (unpaired) electrons. The number of amides is 1. The first-order chi connectivity index (χ1) is 12.2. The van der Waals surface area contributed by atoms with E-state index in [1.165, 1.54) is 0 Å². The monoisotopic (exact) mass is 516 g/mol. The molecule has 0 spiro atoms. The number of nitrogens with one attached hydrogen (secondary N) is 2. The van der Waals surface area contributed by atoms with Gasteiger partial charge in [0.15, 0.2) is 5.96 Å². The van der Waals surface area contributed by atoms with Crippen LogP contribution in [0.5, 0.6) is 0 Å². The molecule has 0 saturated heterocycles. The van der Waals surface area contributed by atoms with Gasteiger partial charge in [-0.2, -0.15) is 0 Å². The van der Waals surface area contributed by atoms with E-state index < -0.39 is 16.4 Å². The lowest BCUT2D eigenvalue weighted by Crippen LogP contribution is -2.48. The highest BCUT2D eigenvalue weighted by atomic mass is 127. The zero-order chi connectivity index (χ0) is 19.7. The minimum atomic E-state index is -0.735. The van der Waals surface area contributed by atoms with Gasteiger partial charge < -0.3 is 20.3 Å². The molecule has 0 bridgehead atoms. The van der Waals surface area contributed by atoms with E-state index in [1.807, 2.05) is 27.7 Å². The molecule has 1 aliphatic carbocycles. The van der Waals surface area contributed by atoms with Gasteiger partial charge in [0.25, 0.3) is 0 Å². The highest BCUT2D eigenvalue weighted by Crippen LogP contribution is 2.22. The fourth-order valence-electron chi connectivity index (χ4n) is 2.91. The van der Waals surface area contributed by atoms with Crippen LogP contribution < -0.4 is 10.6 Å². The fraction of sp³-hybridized carbons (Fsp3) is 0.889. The molecule has 1 saturated carbocycles. The van der Waals surface area contributed by atoms with E-state index in [9.17, 15) is 9.00 Å². The SMILES string of the molecule is CCS(=O)C1CCCC(NC(=NC)NCCN(C)C(=O)OC(C)(C)C)C1.I. The normalized spacial score (nSPS) is 21.6. The summed E-state index contributed by atoms with van der Waals surface area (Å²) in [7, 11) is 2.72. The fourth-order valence-corrected chi connectivity index (χ4v) is 4.26. The van der Waals surface area contributed by atoms with Gasteiger partial charge in [0.1, 0.15) is 5.60 Å². The van der Waals surface area contributed by atoms with E-state index in [0.717, 1.165) is 37.4 Å². The van der Waals surface area contributed by atoms with Gasteiger partial charge in [0.05, 0.1) is 0 Å². The second-order valence-electron chi connectivity index (χ2n) is 7.70. The number of nitrogens with zero attached hydrogens (tertiary/aromatic N) is 2. The molecule has 0 aromatic rings. The van der Waals surface area contributed by atoms with Crippen molar-refractivity contribution in [2.75, 3.05) is 32.9 Å². The van der Waals surface area contributed by atoms with Crippen molar-refractivity contribution in [3.05, 3.63) is 0 Å². The summed E-state index contributed by atoms with van der Waals surface area (Å²) in [6.45, 7) is 8.63. The molecule has 1 fully saturated rings. The Hall–Kier alpha value is -0.580. The maximum atomic E-state index is 12.1. The second-order valence-corrected chi connectivity index (χ2v) is 9.71. The maximum absolute atomic E-state index is 12.1. The summed E-state index contributed by atoms with van der Waals surface area (Å²) < 4.78 is 17.4. The zero-order valence-electron chi connectivity index (χ0n) is 17.5. The summed E-state index contributed by atoms with van der Waals surface area (Å²) in [6.07, 6.45) is 3.78. The number of halogens is 1. The predicted octanol–water partition coefficient (Wildman–Crippen LogP) is 2.72. The van der Waals surface area contributed by atoms with Crippen molar-refractivity contribution in [1.82, 2.24) is 15.5 Å². The Labute approximate surface area is 183 Å². The van der Waals surface area contributed by atoms with E-state index in [1.54, 1.807) is 19.0 Å². The van der Waals surface area contributed by atoms with Gasteiger partial charge in [-0.25, -0.2) is 4.79 Å². The van der Waals surface area contributed by atoms with Crippen LogP contribution >= 0.6 is 24.0 Å². The third-order valence-corrected chi connectivity index (χ3v) is 6.03. The highest BCUT2D eigenvalue weighted by Gasteiger charge is 2.26. The quantitative estimate of drug-likeness (QED) is 0.322. The van der Waals surface area contributed by atoms with E-state index in [0.29, 0.717) is 19.1 Å². The topological polar surface area (TPSA) is 83.0 Å². The Morgan fingerprint density at radius 1 is 1.33 bits per heavy atom. The molecule has 0 aliphatic heterocycles. The molecule has 7 nitrogen and oxygen atoms in total.